The van der Waals surface area contributed by atoms with Gasteiger partial charge in [0.1, 0.15) is 0 Å². The highest BCUT2D eigenvalue weighted by Gasteiger charge is 2.36. The molecule has 0 aromatic rings. The number of ether oxygens (including phenoxy) is 1. The van der Waals surface area contributed by atoms with Crippen LogP contribution in [0.15, 0.2) is 0 Å². The molecule has 3 nitrogen and oxygen atoms in total. The van der Waals surface area contributed by atoms with Crippen molar-refractivity contribution >= 4 is 22.6 Å². The molecule has 0 aliphatic heterocycles. The number of esters is 1. The maximum Gasteiger partial charge on any atom is 0.302 e. The fourth-order valence-electron chi connectivity index (χ4n) is 5.01. The summed E-state index contributed by atoms with van der Waals surface area (Å²) in [5.74, 6) is -0.170. The Balaban J connectivity index is 3.80. The van der Waals surface area contributed by atoms with Crippen LogP contribution in [0.4, 0.5) is 0 Å². The fourth-order valence-corrected chi connectivity index (χ4v) is 14.6. The van der Waals surface area contributed by atoms with Gasteiger partial charge in [-0.25, -0.2) is 0 Å². The summed E-state index contributed by atoms with van der Waals surface area (Å²) in [4.78, 5) is 11.2. The van der Waals surface area contributed by atoms with E-state index in [0.29, 0.717) is 6.61 Å². The molecule has 5 heteroatoms. The van der Waals surface area contributed by atoms with Crippen LogP contribution in [0.5, 0.6) is 0 Å². The van der Waals surface area contributed by atoms with Crippen LogP contribution in [0.2, 0.25) is 37.8 Å². The molecule has 204 valence electrons. The van der Waals surface area contributed by atoms with E-state index in [1.54, 1.807) is 0 Å². The first-order valence-corrected chi connectivity index (χ1v) is 21.0. The summed E-state index contributed by atoms with van der Waals surface area (Å²) >= 11 is 0. The average molecular weight is 515 g/mol. The van der Waals surface area contributed by atoms with Gasteiger partial charge < -0.3 is 8.85 Å². The van der Waals surface area contributed by atoms with Crippen molar-refractivity contribution in [3.05, 3.63) is 0 Å². The number of unbranched alkanes of at least 4 members (excludes halogenated alkanes) is 16. The largest absolute Gasteiger partial charge is 0.466 e. The van der Waals surface area contributed by atoms with Gasteiger partial charge in [-0.1, -0.05) is 129 Å². The third-order valence-electron chi connectivity index (χ3n) is 7.15. The van der Waals surface area contributed by atoms with Gasteiger partial charge in [-0.3, -0.25) is 4.79 Å². The molecule has 0 rings (SSSR count). The van der Waals surface area contributed by atoms with Gasteiger partial charge in [0.05, 0.1) is 6.61 Å². The Morgan fingerprint density at radius 2 is 0.971 bits per heavy atom. The molecule has 0 aliphatic carbocycles. The molecule has 0 radical (unpaired) electrons. The van der Waals surface area contributed by atoms with E-state index in [2.05, 4.69) is 33.5 Å². The molecule has 0 fully saturated rings. The van der Waals surface area contributed by atoms with E-state index in [0.717, 1.165) is 6.04 Å². The van der Waals surface area contributed by atoms with Crippen LogP contribution in [-0.4, -0.2) is 29.2 Å². The van der Waals surface area contributed by atoms with E-state index in [4.69, 9.17) is 8.85 Å². The van der Waals surface area contributed by atoms with E-state index < -0.39 is 16.6 Å². The Hall–Kier alpha value is -0.136. The Morgan fingerprint density at radius 1 is 0.559 bits per heavy atom. The molecule has 0 heterocycles. The van der Waals surface area contributed by atoms with Crippen LogP contribution in [0.1, 0.15) is 136 Å². The van der Waals surface area contributed by atoms with Crippen molar-refractivity contribution in [3.63, 3.8) is 0 Å². The predicted molar refractivity (Wildman–Crippen MR) is 156 cm³/mol. The summed E-state index contributed by atoms with van der Waals surface area (Å²) in [6, 6.07) is 3.41. The van der Waals surface area contributed by atoms with E-state index in [1.807, 2.05) is 0 Å². The van der Waals surface area contributed by atoms with Crippen molar-refractivity contribution in [1.82, 2.24) is 0 Å². The topological polar surface area (TPSA) is 35.5 Å². The lowest BCUT2D eigenvalue weighted by atomic mass is 10.0. The second kappa shape index (κ2) is 22.1. The second-order valence-corrected chi connectivity index (χ2v) is 20.3. The first-order valence-electron chi connectivity index (χ1n) is 15.1. The molecule has 1 atom stereocenters. The van der Waals surface area contributed by atoms with Gasteiger partial charge in [0, 0.05) is 6.92 Å². The molecular weight excluding hydrogens is 452 g/mol. The molecule has 0 saturated heterocycles. The minimum Gasteiger partial charge on any atom is -0.466 e. The zero-order valence-corrected chi connectivity index (χ0v) is 26.3. The highest BCUT2D eigenvalue weighted by Crippen LogP contribution is 2.28. The first-order chi connectivity index (χ1) is 16.2. The lowest BCUT2D eigenvalue weighted by molar-refractivity contribution is -0.140. The summed E-state index contributed by atoms with van der Waals surface area (Å²) in [5.41, 5.74) is 0. The fraction of sp³-hybridized carbons (Fsp3) is 0.966. The number of hydrogen-bond donors (Lipinski definition) is 0. The Bertz CT molecular complexity index is 470. The standard InChI is InChI=1S/C29H62O3Si2/c1-7-9-11-12-13-14-15-16-17-18-19-20-21-22-23-24-26-33(4,5)32-34(6,27-10-8-2)28-25-31-29(3)30/h7-28H2,1-6H3. The lowest BCUT2D eigenvalue weighted by Crippen LogP contribution is -2.47. The summed E-state index contributed by atoms with van der Waals surface area (Å²) in [7, 11) is -3.45. The van der Waals surface area contributed by atoms with Crippen LogP contribution in [-0.2, 0) is 13.6 Å². The Morgan fingerprint density at radius 3 is 1.38 bits per heavy atom. The van der Waals surface area contributed by atoms with Gasteiger partial charge in [0.15, 0.2) is 16.6 Å². The van der Waals surface area contributed by atoms with Crippen molar-refractivity contribution in [1.29, 1.82) is 0 Å². The normalized spacial score (nSPS) is 13.7. The number of rotatable bonds is 25. The molecular formula is C29H62O3Si2. The summed E-state index contributed by atoms with van der Waals surface area (Å²) in [5, 5.41) is 0. The molecule has 0 aromatic carbocycles. The van der Waals surface area contributed by atoms with Gasteiger partial charge in [0.2, 0.25) is 0 Å². The summed E-state index contributed by atoms with van der Waals surface area (Å²) < 4.78 is 12.2. The van der Waals surface area contributed by atoms with Gasteiger partial charge >= 0.3 is 5.97 Å². The summed E-state index contributed by atoms with van der Waals surface area (Å²) in [6.45, 7) is 13.8. The van der Waals surface area contributed by atoms with Crippen LogP contribution >= 0.6 is 0 Å². The maximum atomic E-state index is 11.2. The van der Waals surface area contributed by atoms with Crippen molar-refractivity contribution < 1.29 is 13.6 Å². The zero-order chi connectivity index (χ0) is 25.5. The number of hydrogen-bond acceptors (Lipinski definition) is 3. The van der Waals surface area contributed by atoms with Crippen LogP contribution in [0.25, 0.3) is 0 Å². The SMILES string of the molecule is CCCCCCCCCCCCCCCCCC[Si](C)(C)O[Si](C)(CCCC)CCOC(C)=O. The molecule has 0 bridgehead atoms. The van der Waals surface area contributed by atoms with Crippen molar-refractivity contribution in [2.45, 2.75) is 174 Å². The van der Waals surface area contributed by atoms with E-state index in [9.17, 15) is 4.79 Å². The third-order valence-corrected chi connectivity index (χ3v) is 15.6. The van der Waals surface area contributed by atoms with Crippen molar-refractivity contribution in [2.24, 2.45) is 0 Å². The Kier molecular flexibility index (Phi) is 22.0. The van der Waals surface area contributed by atoms with E-state index >= 15 is 0 Å². The molecule has 0 aliphatic rings. The average Bonchev–Trinajstić information content (AvgIpc) is 2.76. The van der Waals surface area contributed by atoms with Gasteiger partial charge in [-0.2, -0.15) is 0 Å². The summed E-state index contributed by atoms with van der Waals surface area (Å²) in [6.07, 6.45) is 25.2. The molecule has 0 amide bonds. The zero-order valence-electron chi connectivity index (χ0n) is 24.3. The van der Waals surface area contributed by atoms with Crippen LogP contribution in [0, 0.1) is 0 Å². The molecule has 0 saturated carbocycles. The van der Waals surface area contributed by atoms with E-state index in [1.165, 1.54) is 135 Å². The molecule has 1 unspecified atom stereocenters. The highest BCUT2D eigenvalue weighted by atomic mass is 28.4. The third kappa shape index (κ3) is 22.3. The van der Waals surface area contributed by atoms with Crippen molar-refractivity contribution in [3.8, 4) is 0 Å². The van der Waals surface area contributed by atoms with Crippen molar-refractivity contribution in [2.75, 3.05) is 6.61 Å². The molecule has 34 heavy (non-hydrogen) atoms. The number of carbonyl (C=O) groups excluding carboxylic acids is 1. The van der Waals surface area contributed by atoms with Gasteiger partial charge in [0.25, 0.3) is 0 Å². The maximum absolute atomic E-state index is 11.2. The smallest absolute Gasteiger partial charge is 0.302 e. The second-order valence-electron chi connectivity index (χ2n) is 11.6. The molecule has 0 spiro atoms. The van der Waals surface area contributed by atoms with Gasteiger partial charge in [-0.05, 0) is 37.8 Å². The molecule has 0 N–H and O–H groups in total. The minimum atomic E-state index is -1.80. The van der Waals surface area contributed by atoms with Crippen LogP contribution < -0.4 is 0 Å². The van der Waals surface area contributed by atoms with E-state index in [-0.39, 0.29) is 5.97 Å². The highest BCUT2D eigenvalue weighted by molar-refractivity contribution is 6.85. The minimum absolute atomic E-state index is 0.170. The van der Waals surface area contributed by atoms with Crippen LogP contribution in [0.3, 0.4) is 0 Å². The molecule has 0 aromatic heterocycles. The first kappa shape index (κ1) is 33.9. The Labute approximate surface area is 216 Å². The number of carbonyl (C=O) groups is 1. The quantitative estimate of drug-likeness (QED) is 0.0690. The van der Waals surface area contributed by atoms with Gasteiger partial charge in [-0.15, -0.1) is 0 Å². The lowest BCUT2D eigenvalue weighted by Gasteiger charge is -2.36. The predicted octanol–water partition coefficient (Wildman–Crippen LogP) is 10.4. The monoisotopic (exact) mass is 514 g/mol.